The van der Waals surface area contributed by atoms with Gasteiger partial charge in [0.15, 0.2) is 5.78 Å². The smallest absolute Gasteiger partial charge is 0.164 e. The van der Waals surface area contributed by atoms with Crippen LogP contribution in [-0.4, -0.2) is 22.5 Å². The first-order chi connectivity index (χ1) is 5.84. The Labute approximate surface area is 71.1 Å². The van der Waals surface area contributed by atoms with Crippen LogP contribution >= 0.6 is 0 Å². The monoisotopic (exact) mass is 171 g/mol. The van der Waals surface area contributed by atoms with Gasteiger partial charge in [0.25, 0.3) is 0 Å². The maximum absolute atomic E-state index is 11.3. The van der Waals surface area contributed by atoms with Crippen molar-refractivity contribution in [1.29, 1.82) is 0 Å². The van der Waals surface area contributed by atoms with Crippen LogP contribution in [0.5, 0.6) is 0 Å². The summed E-state index contributed by atoms with van der Waals surface area (Å²) >= 11 is 0. The molecule has 0 spiro atoms. The molecule has 1 rings (SSSR count). The normalized spacial score (nSPS) is 9.75. The summed E-state index contributed by atoms with van der Waals surface area (Å²) < 4.78 is 0. The van der Waals surface area contributed by atoms with E-state index in [0.29, 0.717) is 18.4 Å². The quantitative estimate of drug-likeness (QED) is 0.543. The number of aliphatic hydroxyl groups is 1. The summed E-state index contributed by atoms with van der Waals surface area (Å²) in [6, 6.07) is 3.46. The number of carbonyl (C=O) groups excluding carboxylic acids is 1. The van der Waals surface area contributed by atoms with Gasteiger partial charge in [-0.2, -0.15) is 0 Å². The van der Waals surface area contributed by atoms with Crippen LogP contribution in [0.3, 0.4) is 0 Å². The van der Waals surface area contributed by atoms with E-state index in [1.807, 2.05) is 0 Å². The van der Waals surface area contributed by atoms with Crippen molar-refractivity contribution in [3.05, 3.63) is 30.1 Å². The van der Waals surface area contributed by atoms with Crippen molar-refractivity contribution in [1.82, 2.24) is 4.98 Å². The van der Waals surface area contributed by atoms with E-state index in [4.69, 9.17) is 5.11 Å². The summed E-state index contributed by atoms with van der Waals surface area (Å²) in [6.07, 6.45) is 4.08. The van der Waals surface area contributed by atoms with Crippen LogP contribution in [0.15, 0.2) is 24.5 Å². The minimum Gasteiger partial charge on any atom is -0.396 e. The average Bonchev–Trinajstić information content (AvgIpc) is 2.15. The zero-order valence-corrected chi connectivity index (χ0v) is 6.73. The molecule has 0 atom stereocenters. The number of carbonyl (C=O) groups is 1. The highest BCUT2D eigenvalue weighted by Crippen LogP contribution is 2.02. The number of hydrogen-bond acceptors (Lipinski definition) is 3. The van der Waals surface area contributed by atoms with Gasteiger partial charge in [-0.25, -0.2) is 0 Å². The van der Waals surface area contributed by atoms with Crippen LogP contribution in [-0.2, 0) is 0 Å². The SMILES string of the molecule is O=[13C](CCCO)[13c]1[13cH][13cH][13cH]n[13cH]1. The average molecular weight is 171 g/mol. The Kier molecular flexibility index (Phi) is 3.41. The molecule has 0 saturated carbocycles. The van der Waals surface area contributed by atoms with Crippen molar-refractivity contribution in [3.63, 3.8) is 0 Å². The third-order valence-corrected chi connectivity index (χ3v) is 1.55. The van der Waals surface area contributed by atoms with E-state index in [0.717, 1.165) is 0 Å². The minimum absolute atomic E-state index is 0.0390. The molecule has 0 aromatic carbocycles. The van der Waals surface area contributed by atoms with E-state index in [1.54, 1.807) is 24.5 Å². The van der Waals surface area contributed by atoms with Gasteiger partial charge in [-0.15, -0.1) is 0 Å². The number of hydrogen-bond donors (Lipinski definition) is 1. The highest BCUT2D eigenvalue weighted by atomic mass is 16.3. The van der Waals surface area contributed by atoms with Gasteiger partial charge in [-0.1, -0.05) is 0 Å². The topological polar surface area (TPSA) is 50.2 Å². The lowest BCUT2D eigenvalue weighted by atomic mass is 10.4. The highest BCUT2D eigenvalue weighted by molar-refractivity contribution is 5.95. The summed E-state index contributed by atoms with van der Waals surface area (Å²) in [5.41, 5.74) is 0.617. The van der Waals surface area contributed by atoms with Gasteiger partial charge >= 0.3 is 0 Å². The number of rotatable bonds is 4. The molecule has 0 bridgehead atoms. The predicted octanol–water partition coefficient (Wildman–Crippen LogP) is 1.04. The number of Topliss-reactive ketones (excluding diaryl/α,β-unsaturated/α-hetero) is 1. The Balaban J connectivity index is 2.54. The molecule has 64 valence electrons. The van der Waals surface area contributed by atoms with Gasteiger partial charge in [0.2, 0.25) is 0 Å². The third kappa shape index (κ3) is 2.43. The third-order valence-electron chi connectivity index (χ3n) is 1.55. The van der Waals surface area contributed by atoms with Crippen molar-refractivity contribution >= 4 is 5.78 Å². The van der Waals surface area contributed by atoms with E-state index in [2.05, 4.69) is 4.98 Å². The van der Waals surface area contributed by atoms with E-state index >= 15 is 0 Å². The Hall–Kier alpha value is -1.22. The number of ketones is 1. The van der Waals surface area contributed by atoms with Gasteiger partial charge in [0.1, 0.15) is 0 Å². The van der Waals surface area contributed by atoms with Crippen LogP contribution in [0.2, 0.25) is 0 Å². The van der Waals surface area contributed by atoms with Crippen molar-refractivity contribution in [2.24, 2.45) is 0 Å². The number of aliphatic hydroxyl groups excluding tert-OH is 1. The first-order valence-electron chi connectivity index (χ1n) is 3.88. The van der Waals surface area contributed by atoms with Crippen molar-refractivity contribution in [3.8, 4) is 0 Å². The Morgan fingerprint density at radius 2 is 2.42 bits per heavy atom. The second-order valence-corrected chi connectivity index (χ2v) is 2.49. The molecule has 0 unspecified atom stereocenters. The molecule has 3 nitrogen and oxygen atoms in total. The molecule has 0 aliphatic carbocycles. The first kappa shape index (κ1) is 8.87. The molecule has 1 N–H and O–H groups in total. The molecule has 0 aliphatic heterocycles. The fraction of sp³-hybridized carbons (Fsp3) is 0.333. The molecular formula is C9H11NO2. The Morgan fingerprint density at radius 1 is 1.58 bits per heavy atom. The van der Waals surface area contributed by atoms with Gasteiger partial charge in [0.05, 0.1) is 0 Å². The van der Waals surface area contributed by atoms with Gasteiger partial charge in [-0.05, 0) is 18.6 Å². The molecule has 12 heavy (non-hydrogen) atoms. The van der Waals surface area contributed by atoms with Gasteiger partial charge < -0.3 is 5.11 Å². The molecule has 0 aliphatic rings. The van der Waals surface area contributed by atoms with Crippen LogP contribution < -0.4 is 0 Å². The van der Waals surface area contributed by atoms with Crippen LogP contribution in [0.25, 0.3) is 0 Å². The molecule has 0 fully saturated rings. The van der Waals surface area contributed by atoms with Crippen molar-refractivity contribution in [2.75, 3.05) is 6.61 Å². The zero-order valence-electron chi connectivity index (χ0n) is 6.73. The number of pyridine rings is 1. The largest absolute Gasteiger partial charge is 0.396 e. The molecule has 0 radical (unpaired) electrons. The van der Waals surface area contributed by atoms with E-state index in [-0.39, 0.29) is 12.4 Å². The van der Waals surface area contributed by atoms with E-state index in [9.17, 15) is 4.79 Å². The van der Waals surface area contributed by atoms with Gasteiger partial charge in [0, 0.05) is 31.0 Å². The van der Waals surface area contributed by atoms with Crippen molar-refractivity contribution < 1.29 is 9.90 Å². The molecule has 1 heterocycles. The number of aromatic nitrogens is 1. The lowest BCUT2D eigenvalue weighted by Gasteiger charge is -1.97. The lowest BCUT2D eigenvalue weighted by molar-refractivity contribution is 0.0971. The summed E-state index contributed by atoms with van der Waals surface area (Å²) in [5.74, 6) is 0.0390. The molecular weight excluding hydrogens is 160 g/mol. The van der Waals surface area contributed by atoms with E-state index in [1.165, 1.54) is 0 Å². The molecule has 0 saturated heterocycles. The fourth-order valence-electron chi connectivity index (χ4n) is 0.912. The van der Waals surface area contributed by atoms with Gasteiger partial charge in [-0.3, -0.25) is 9.78 Å². The second-order valence-electron chi connectivity index (χ2n) is 2.49. The van der Waals surface area contributed by atoms with Crippen LogP contribution in [0.4, 0.5) is 0 Å². The first-order valence-corrected chi connectivity index (χ1v) is 3.88. The number of nitrogens with zero attached hydrogens (tertiary/aromatic N) is 1. The molecule has 0 amide bonds. The Bertz CT molecular complexity index is 246. The van der Waals surface area contributed by atoms with Crippen molar-refractivity contribution in [2.45, 2.75) is 12.8 Å². The lowest BCUT2D eigenvalue weighted by Crippen LogP contribution is -2.00. The Morgan fingerprint density at radius 3 is 3.00 bits per heavy atom. The standard InChI is InChI=1S/C9H11NO2/c11-6-2-4-9(12)8-3-1-5-10-7-8/h1,3,5,7,11H,2,4,6H2/i1+1,3+1,5+1,7+1,8+1,9+1. The van der Waals surface area contributed by atoms with Crippen LogP contribution in [0.1, 0.15) is 23.2 Å². The zero-order chi connectivity index (χ0) is 8.81. The minimum atomic E-state index is 0.0390. The highest BCUT2D eigenvalue weighted by Gasteiger charge is 2.03. The fourth-order valence-corrected chi connectivity index (χ4v) is 0.912. The maximum Gasteiger partial charge on any atom is 0.164 e. The summed E-state index contributed by atoms with van der Waals surface area (Å²) in [5, 5.41) is 8.49. The molecule has 1 aromatic heterocycles. The maximum atomic E-state index is 11.3. The molecule has 1 aromatic rings. The van der Waals surface area contributed by atoms with E-state index < -0.39 is 0 Å². The molecule has 3 heteroatoms. The summed E-state index contributed by atoms with van der Waals surface area (Å²) in [7, 11) is 0. The van der Waals surface area contributed by atoms with Crippen LogP contribution in [0, 0.1) is 0 Å². The predicted molar refractivity (Wildman–Crippen MR) is 44.9 cm³/mol. The second kappa shape index (κ2) is 4.62. The summed E-state index contributed by atoms with van der Waals surface area (Å²) in [6.45, 7) is 0.0615. The summed E-state index contributed by atoms with van der Waals surface area (Å²) in [4.78, 5) is 15.1.